The molecule has 0 saturated heterocycles. The average Bonchev–Trinajstić information content (AvgIpc) is 2.62. The highest BCUT2D eigenvalue weighted by Gasteiger charge is 2.23. The molecule has 148 valence electrons. The number of rotatable bonds is 5. The van der Waals surface area contributed by atoms with E-state index in [1.54, 1.807) is 19.1 Å². The van der Waals surface area contributed by atoms with Gasteiger partial charge in [-0.15, -0.1) is 12.4 Å². The van der Waals surface area contributed by atoms with Crippen LogP contribution in [0.3, 0.4) is 0 Å². The minimum atomic E-state index is -0.635. The van der Waals surface area contributed by atoms with Gasteiger partial charge in [-0.2, -0.15) is 0 Å². The molecular weight excluding hydrogens is 368 g/mol. The number of ether oxygens (including phenoxy) is 1. The first kappa shape index (κ1) is 21.3. The zero-order valence-corrected chi connectivity index (χ0v) is 16.5. The summed E-state index contributed by atoms with van der Waals surface area (Å²) in [6, 6.07) is 7.24. The SMILES string of the molecule is CCc1cc(=O)oc2cc(OC(C)C(=O)NC3CCC(N)CC3)ccc12.Cl. The molecule has 0 aliphatic heterocycles. The summed E-state index contributed by atoms with van der Waals surface area (Å²) < 4.78 is 11.0. The number of aryl methyl sites for hydroxylation is 1. The Morgan fingerprint density at radius 2 is 2.00 bits per heavy atom. The van der Waals surface area contributed by atoms with Crippen molar-refractivity contribution >= 4 is 29.3 Å². The van der Waals surface area contributed by atoms with E-state index in [0.29, 0.717) is 11.3 Å². The summed E-state index contributed by atoms with van der Waals surface area (Å²) in [6.07, 6.45) is 3.78. The van der Waals surface area contributed by atoms with E-state index < -0.39 is 6.10 Å². The first-order valence-electron chi connectivity index (χ1n) is 9.25. The highest BCUT2D eigenvalue weighted by atomic mass is 35.5. The third-order valence-electron chi connectivity index (χ3n) is 4.98. The van der Waals surface area contributed by atoms with E-state index in [9.17, 15) is 9.59 Å². The first-order chi connectivity index (χ1) is 12.5. The molecule has 1 aromatic carbocycles. The van der Waals surface area contributed by atoms with Gasteiger partial charge in [0.2, 0.25) is 0 Å². The molecule has 1 atom stereocenters. The number of halogens is 1. The van der Waals surface area contributed by atoms with Crippen molar-refractivity contribution in [2.75, 3.05) is 0 Å². The van der Waals surface area contributed by atoms with Gasteiger partial charge in [0.1, 0.15) is 11.3 Å². The molecule has 2 aromatic rings. The molecule has 0 bridgehead atoms. The third kappa shape index (κ3) is 5.23. The molecule has 1 unspecified atom stereocenters. The van der Waals surface area contributed by atoms with Crippen molar-refractivity contribution in [3.05, 3.63) is 40.2 Å². The van der Waals surface area contributed by atoms with Crippen molar-refractivity contribution in [1.29, 1.82) is 0 Å². The fourth-order valence-electron chi connectivity index (χ4n) is 3.42. The van der Waals surface area contributed by atoms with E-state index in [1.165, 1.54) is 6.07 Å². The molecule has 3 N–H and O–H groups in total. The van der Waals surface area contributed by atoms with Crippen LogP contribution in [0.1, 0.15) is 45.1 Å². The van der Waals surface area contributed by atoms with Gasteiger partial charge in [-0.3, -0.25) is 4.79 Å². The van der Waals surface area contributed by atoms with Crippen LogP contribution in [0.2, 0.25) is 0 Å². The van der Waals surface area contributed by atoms with E-state index in [0.717, 1.165) is 43.1 Å². The Morgan fingerprint density at radius 3 is 2.67 bits per heavy atom. The van der Waals surface area contributed by atoms with Gasteiger partial charge < -0.3 is 20.2 Å². The molecule has 0 radical (unpaired) electrons. The molecule has 27 heavy (non-hydrogen) atoms. The van der Waals surface area contributed by atoms with Gasteiger partial charge in [0, 0.05) is 29.6 Å². The Kier molecular flexibility index (Phi) is 7.27. The van der Waals surface area contributed by atoms with Crippen LogP contribution in [0.15, 0.2) is 33.5 Å². The van der Waals surface area contributed by atoms with Crippen LogP contribution in [0.4, 0.5) is 0 Å². The summed E-state index contributed by atoms with van der Waals surface area (Å²) >= 11 is 0. The lowest BCUT2D eigenvalue weighted by Gasteiger charge is -2.27. The zero-order chi connectivity index (χ0) is 18.7. The monoisotopic (exact) mass is 394 g/mol. The van der Waals surface area contributed by atoms with Crippen LogP contribution < -0.4 is 21.4 Å². The molecule has 1 aliphatic rings. The maximum atomic E-state index is 12.4. The Balaban J connectivity index is 0.00000261. The molecule has 7 heteroatoms. The van der Waals surface area contributed by atoms with Gasteiger partial charge in [-0.25, -0.2) is 4.79 Å². The Labute approximate surface area is 164 Å². The lowest BCUT2D eigenvalue weighted by molar-refractivity contribution is -0.128. The van der Waals surface area contributed by atoms with E-state index >= 15 is 0 Å². The number of nitrogens with one attached hydrogen (secondary N) is 1. The van der Waals surface area contributed by atoms with Crippen molar-refractivity contribution < 1.29 is 13.9 Å². The van der Waals surface area contributed by atoms with Crippen LogP contribution in [0, 0.1) is 0 Å². The fraction of sp³-hybridized carbons (Fsp3) is 0.500. The number of fused-ring (bicyclic) bond motifs is 1. The van der Waals surface area contributed by atoms with Crippen molar-refractivity contribution in [1.82, 2.24) is 5.32 Å². The Hall–Kier alpha value is -2.05. The number of carbonyl (C=O) groups is 1. The third-order valence-corrected chi connectivity index (χ3v) is 4.98. The second kappa shape index (κ2) is 9.24. The number of amides is 1. The summed E-state index contributed by atoms with van der Waals surface area (Å²) in [4.78, 5) is 24.0. The topological polar surface area (TPSA) is 94.6 Å². The van der Waals surface area contributed by atoms with Crippen LogP contribution in [0.25, 0.3) is 11.0 Å². The van der Waals surface area contributed by atoms with Gasteiger partial charge >= 0.3 is 5.63 Å². The average molecular weight is 395 g/mol. The summed E-state index contributed by atoms with van der Waals surface area (Å²) in [5.41, 5.74) is 6.92. The summed E-state index contributed by atoms with van der Waals surface area (Å²) in [7, 11) is 0. The molecule has 6 nitrogen and oxygen atoms in total. The van der Waals surface area contributed by atoms with Crippen LogP contribution >= 0.6 is 12.4 Å². The van der Waals surface area contributed by atoms with E-state index in [4.69, 9.17) is 14.9 Å². The number of benzene rings is 1. The minimum Gasteiger partial charge on any atom is -0.481 e. The molecule has 1 fully saturated rings. The molecular formula is C20H27ClN2O4. The predicted molar refractivity (Wildman–Crippen MR) is 108 cm³/mol. The van der Waals surface area contributed by atoms with Gasteiger partial charge in [0.05, 0.1) is 0 Å². The van der Waals surface area contributed by atoms with Crippen molar-refractivity contribution in [3.8, 4) is 5.75 Å². The lowest BCUT2D eigenvalue weighted by atomic mass is 9.92. The number of hydrogen-bond donors (Lipinski definition) is 2. The van der Waals surface area contributed by atoms with E-state index in [2.05, 4.69) is 5.32 Å². The molecule has 1 saturated carbocycles. The predicted octanol–water partition coefficient (Wildman–Crippen LogP) is 2.93. The maximum absolute atomic E-state index is 12.4. The molecule has 0 spiro atoms. The maximum Gasteiger partial charge on any atom is 0.336 e. The summed E-state index contributed by atoms with van der Waals surface area (Å²) in [6.45, 7) is 3.70. The highest BCUT2D eigenvalue weighted by molar-refractivity contribution is 5.85. The normalized spacial score (nSPS) is 20.6. The Morgan fingerprint density at radius 1 is 1.30 bits per heavy atom. The van der Waals surface area contributed by atoms with Crippen molar-refractivity contribution in [2.45, 2.75) is 64.1 Å². The standard InChI is InChI=1S/C20H26N2O4.ClH/c1-3-13-10-19(23)26-18-11-16(8-9-17(13)18)25-12(2)20(24)22-15-6-4-14(21)5-7-15;/h8-12,14-15H,3-7,21H2,1-2H3,(H,22,24);1H. The molecule has 3 rings (SSSR count). The minimum absolute atomic E-state index is 0. The van der Waals surface area contributed by atoms with Gasteiger partial charge in [0.15, 0.2) is 6.10 Å². The van der Waals surface area contributed by atoms with Crippen molar-refractivity contribution in [3.63, 3.8) is 0 Å². The Bertz CT molecular complexity index is 843. The second-order valence-electron chi connectivity index (χ2n) is 6.98. The van der Waals surface area contributed by atoms with Crippen LogP contribution in [-0.4, -0.2) is 24.1 Å². The molecule has 1 amide bonds. The molecule has 1 aliphatic carbocycles. The van der Waals surface area contributed by atoms with Gasteiger partial charge in [0.25, 0.3) is 5.91 Å². The smallest absolute Gasteiger partial charge is 0.336 e. The van der Waals surface area contributed by atoms with E-state index in [-0.39, 0.29) is 36.0 Å². The fourth-order valence-corrected chi connectivity index (χ4v) is 3.42. The summed E-state index contributed by atoms with van der Waals surface area (Å²) in [5.74, 6) is 0.358. The summed E-state index contributed by atoms with van der Waals surface area (Å²) in [5, 5.41) is 3.92. The number of nitrogens with two attached hydrogens (primary N) is 1. The van der Waals surface area contributed by atoms with Crippen LogP contribution in [0.5, 0.6) is 5.75 Å². The van der Waals surface area contributed by atoms with Crippen molar-refractivity contribution in [2.24, 2.45) is 5.73 Å². The number of carbonyl (C=O) groups excluding carboxylic acids is 1. The molecule has 1 heterocycles. The lowest BCUT2D eigenvalue weighted by Crippen LogP contribution is -2.45. The quantitative estimate of drug-likeness (QED) is 0.760. The zero-order valence-electron chi connectivity index (χ0n) is 15.7. The van der Waals surface area contributed by atoms with E-state index in [1.807, 2.05) is 13.0 Å². The first-order valence-corrected chi connectivity index (χ1v) is 9.25. The second-order valence-corrected chi connectivity index (χ2v) is 6.98. The number of hydrogen-bond acceptors (Lipinski definition) is 5. The van der Waals surface area contributed by atoms with Gasteiger partial charge in [-0.1, -0.05) is 6.92 Å². The van der Waals surface area contributed by atoms with Crippen LogP contribution in [-0.2, 0) is 11.2 Å². The largest absolute Gasteiger partial charge is 0.481 e. The molecule has 1 aromatic heterocycles. The highest BCUT2D eigenvalue weighted by Crippen LogP contribution is 2.24. The van der Waals surface area contributed by atoms with Gasteiger partial charge in [-0.05, 0) is 56.7 Å².